The molecule has 2 N–H and O–H groups in total. The summed E-state index contributed by atoms with van der Waals surface area (Å²) in [6.07, 6.45) is 4.75. The second-order valence-electron chi connectivity index (χ2n) is 4.73. The lowest BCUT2D eigenvalue weighted by atomic mass is 10.0. The molecule has 0 saturated carbocycles. The van der Waals surface area contributed by atoms with E-state index < -0.39 is 0 Å². The van der Waals surface area contributed by atoms with Gasteiger partial charge >= 0.3 is 0 Å². The highest BCUT2D eigenvalue weighted by Gasteiger charge is 2.14. The summed E-state index contributed by atoms with van der Waals surface area (Å²) >= 11 is 0. The fourth-order valence-electron chi connectivity index (χ4n) is 1.94. The molecule has 1 atom stereocenters. The third kappa shape index (κ3) is 3.36. The van der Waals surface area contributed by atoms with Crippen LogP contribution in [0.4, 0.5) is 4.39 Å². The summed E-state index contributed by atoms with van der Waals surface area (Å²) in [6.45, 7) is 4.73. The largest absolute Gasteiger partial charge is 0.451 e. The number of nitrogens with two attached hydrogens (primary N) is 1. The van der Waals surface area contributed by atoms with Crippen LogP contribution < -0.4 is 10.5 Å². The maximum atomic E-state index is 14.0. The Morgan fingerprint density at radius 1 is 1.40 bits per heavy atom. The fourth-order valence-corrected chi connectivity index (χ4v) is 1.94. The summed E-state index contributed by atoms with van der Waals surface area (Å²) in [5.41, 5.74) is 6.73. The second-order valence-corrected chi connectivity index (χ2v) is 4.73. The highest BCUT2D eigenvalue weighted by molar-refractivity contribution is 5.38. The van der Waals surface area contributed by atoms with Crippen LogP contribution in [0.3, 0.4) is 0 Å². The van der Waals surface area contributed by atoms with Gasteiger partial charge in [-0.15, -0.1) is 0 Å². The smallest absolute Gasteiger partial charge is 0.166 e. The molecule has 0 spiro atoms. The number of hydrogen-bond acceptors (Lipinski definition) is 3. The normalized spacial score (nSPS) is 12.4. The predicted octanol–water partition coefficient (Wildman–Crippen LogP) is 3.11. The minimum atomic E-state index is -0.380. The van der Waals surface area contributed by atoms with E-state index in [4.69, 9.17) is 10.5 Å². The predicted molar refractivity (Wildman–Crippen MR) is 76.3 cm³/mol. The average molecular weight is 277 g/mol. The number of rotatable bonds is 6. The molecule has 2 rings (SSSR count). The van der Waals surface area contributed by atoms with Crippen molar-refractivity contribution in [2.24, 2.45) is 5.73 Å². The number of nitrogens with zero attached hydrogens (tertiary/aromatic N) is 2. The third-order valence-electron chi connectivity index (χ3n) is 3.21. The zero-order valence-electron chi connectivity index (χ0n) is 11.8. The molecule has 0 amide bonds. The van der Waals surface area contributed by atoms with Crippen LogP contribution in [0.25, 0.3) is 0 Å². The molecule has 0 radical (unpaired) electrons. The van der Waals surface area contributed by atoms with Gasteiger partial charge in [-0.25, -0.2) is 4.39 Å². The molecule has 5 heteroatoms. The van der Waals surface area contributed by atoms with Gasteiger partial charge in [0.1, 0.15) is 0 Å². The molecule has 0 aliphatic heterocycles. The maximum Gasteiger partial charge on any atom is 0.166 e. The Balaban J connectivity index is 2.25. The van der Waals surface area contributed by atoms with E-state index in [-0.39, 0.29) is 17.6 Å². The van der Waals surface area contributed by atoms with E-state index in [1.165, 1.54) is 6.07 Å². The van der Waals surface area contributed by atoms with Crippen LogP contribution in [0.5, 0.6) is 11.5 Å². The van der Waals surface area contributed by atoms with E-state index in [0.717, 1.165) is 18.5 Å². The molecule has 1 heterocycles. The first-order chi connectivity index (χ1) is 9.63. The molecule has 20 heavy (non-hydrogen) atoms. The van der Waals surface area contributed by atoms with Gasteiger partial charge in [-0.05, 0) is 31.4 Å². The topological polar surface area (TPSA) is 53.1 Å². The maximum absolute atomic E-state index is 14.0. The summed E-state index contributed by atoms with van der Waals surface area (Å²) in [5.74, 6) is 0.394. The van der Waals surface area contributed by atoms with Gasteiger partial charge in [-0.2, -0.15) is 5.10 Å². The van der Waals surface area contributed by atoms with Crippen LogP contribution in [-0.4, -0.2) is 15.8 Å². The molecule has 1 unspecified atom stereocenters. The highest BCUT2D eigenvalue weighted by Crippen LogP contribution is 2.29. The van der Waals surface area contributed by atoms with E-state index in [1.807, 2.05) is 19.9 Å². The summed E-state index contributed by atoms with van der Waals surface area (Å²) in [6, 6.07) is 4.91. The van der Waals surface area contributed by atoms with Crippen molar-refractivity contribution < 1.29 is 9.13 Å². The first-order valence-electron chi connectivity index (χ1n) is 6.87. The molecule has 2 aromatic rings. The van der Waals surface area contributed by atoms with Crippen molar-refractivity contribution in [3.05, 3.63) is 42.0 Å². The van der Waals surface area contributed by atoms with Gasteiger partial charge < -0.3 is 10.5 Å². The number of halogens is 1. The molecule has 1 aromatic carbocycles. The molecule has 1 aromatic heterocycles. The Hall–Kier alpha value is -1.88. The average Bonchev–Trinajstić information content (AvgIpc) is 2.90. The van der Waals surface area contributed by atoms with Crippen LogP contribution in [0.15, 0.2) is 30.6 Å². The van der Waals surface area contributed by atoms with Crippen molar-refractivity contribution in [3.63, 3.8) is 0 Å². The van der Waals surface area contributed by atoms with Crippen molar-refractivity contribution in [2.45, 2.75) is 39.3 Å². The van der Waals surface area contributed by atoms with Crippen molar-refractivity contribution >= 4 is 0 Å². The second kappa shape index (κ2) is 6.52. The van der Waals surface area contributed by atoms with E-state index in [9.17, 15) is 4.39 Å². The number of para-hydroxylation sites is 1. The Morgan fingerprint density at radius 3 is 2.85 bits per heavy atom. The molecule has 0 fully saturated rings. The summed E-state index contributed by atoms with van der Waals surface area (Å²) in [4.78, 5) is 0. The molecular formula is C15H20FN3O. The Labute approximate surface area is 118 Å². The monoisotopic (exact) mass is 277 g/mol. The van der Waals surface area contributed by atoms with E-state index in [1.54, 1.807) is 23.1 Å². The molecular weight excluding hydrogens is 257 g/mol. The summed E-state index contributed by atoms with van der Waals surface area (Å²) in [5, 5.41) is 4.11. The van der Waals surface area contributed by atoms with Crippen molar-refractivity contribution in [1.29, 1.82) is 0 Å². The lowest BCUT2D eigenvalue weighted by Gasteiger charge is -2.14. The van der Waals surface area contributed by atoms with Gasteiger partial charge in [-0.1, -0.05) is 19.1 Å². The Morgan fingerprint density at radius 2 is 2.20 bits per heavy atom. The minimum Gasteiger partial charge on any atom is -0.451 e. The van der Waals surface area contributed by atoms with E-state index >= 15 is 0 Å². The van der Waals surface area contributed by atoms with Crippen molar-refractivity contribution in [2.75, 3.05) is 0 Å². The highest BCUT2D eigenvalue weighted by atomic mass is 19.1. The summed E-state index contributed by atoms with van der Waals surface area (Å²) in [7, 11) is 0. The van der Waals surface area contributed by atoms with Gasteiger partial charge in [-0.3, -0.25) is 4.68 Å². The van der Waals surface area contributed by atoms with Crippen LogP contribution in [0.2, 0.25) is 0 Å². The standard InChI is InChI=1S/C15H20FN3O/c1-3-12(17)8-11-6-5-7-14(16)15(11)20-13-9-18-19(4-2)10-13/h5-7,9-10,12H,3-4,8,17H2,1-2H3. The van der Waals surface area contributed by atoms with Gasteiger partial charge in [0.15, 0.2) is 17.3 Å². The minimum absolute atomic E-state index is 0.00230. The molecule has 4 nitrogen and oxygen atoms in total. The van der Waals surface area contributed by atoms with Crippen LogP contribution >= 0.6 is 0 Å². The first-order valence-corrected chi connectivity index (χ1v) is 6.87. The SMILES string of the molecule is CCC(N)Cc1cccc(F)c1Oc1cnn(CC)c1. The van der Waals surface area contributed by atoms with Gasteiger partial charge in [0.05, 0.1) is 12.4 Å². The van der Waals surface area contributed by atoms with Crippen LogP contribution in [0, 0.1) is 5.82 Å². The first kappa shape index (κ1) is 14.5. The third-order valence-corrected chi connectivity index (χ3v) is 3.21. The zero-order chi connectivity index (χ0) is 14.5. The lowest BCUT2D eigenvalue weighted by molar-refractivity contribution is 0.432. The number of aromatic nitrogens is 2. The summed E-state index contributed by atoms with van der Waals surface area (Å²) < 4.78 is 21.4. The van der Waals surface area contributed by atoms with Crippen molar-refractivity contribution in [1.82, 2.24) is 9.78 Å². The number of ether oxygens (including phenoxy) is 1. The number of hydrogen-bond donors (Lipinski definition) is 1. The molecule has 108 valence electrons. The van der Waals surface area contributed by atoms with Gasteiger partial charge in [0.25, 0.3) is 0 Å². The van der Waals surface area contributed by atoms with E-state index in [2.05, 4.69) is 5.10 Å². The fraction of sp³-hybridized carbons (Fsp3) is 0.400. The van der Waals surface area contributed by atoms with Crippen molar-refractivity contribution in [3.8, 4) is 11.5 Å². The zero-order valence-corrected chi connectivity index (χ0v) is 11.8. The molecule has 0 bridgehead atoms. The molecule has 0 aliphatic rings. The molecule has 0 saturated heterocycles. The Bertz CT molecular complexity index is 568. The Kier molecular flexibility index (Phi) is 4.74. The molecule has 0 aliphatic carbocycles. The lowest BCUT2D eigenvalue weighted by Crippen LogP contribution is -2.21. The number of benzene rings is 1. The van der Waals surface area contributed by atoms with Gasteiger partial charge in [0, 0.05) is 12.6 Å². The van der Waals surface area contributed by atoms with Crippen LogP contribution in [0.1, 0.15) is 25.8 Å². The quantitative estimate of drug-likeness (QED) is 0.882. The number of aryl methyl sites for hydroxylation is 1. The van der Waals surface area contributed by atoms with E-state index in [0.29, 0.717) is 12.2 Å². The van der Waals surface area contributed by atoms with Crippen LogP contribution in [-0.2, 0) is 13.0 Å². The van der Waals surface area contributed by atoms with Gasteiger partial charge in [0.2, 0.25) is 0 Å².